The first-order valence-electron chi connectivity index (χ1n) is 11.0. The molecule has 0 amide bonds. The third-order valence-electron chi connectivity index (χ3n) is 6.26. The molecule has 2 aliphatic heterocycles. The molecule has 0 radical (unpaired) electrons. The maximum atomic E-state index is 13.9. The zero-order valence-corrected chi connectivity index (χ0v) is 20.2. The van der Waals surface area contributed by atoms with Crippen LogP contribution >= 0.6 is 20.8 Å². The number of nitrogens with one attached hydrogen (secondary N) is 1. The molecule has 34 heavy (non-hydrogen) atoms. The zero-order chi connectivity index (χ0) is 24.2. The Morgan fingerprint density at radius 2 is 1.88 bits per heavy atom. The lowest BCUT2D eigenvalue weighted by atomic mass is 10.1. The molecule has 1 N–H and O–H groups in total. The highest BCUT2D eigenvalue weighted by Gasteiger charge is 2.36. The predicted octanol–water partition coefficient (Wildman–Crippen LogP) is 3.70. The molecule has 0 bridgehead atoms. The minimum atomic E-state index is -4.56. The van der Waals surface area contributed by atoms with Gasteiger partial charge in [0.15, 0.2) is 0 Å². The van der Waals surface area contributed by atoms with Crippen molar-refractivity contribution in [1.29, 1.82) is 0 Å². The second-order valence-electron chi connectivity index (χ2n) is 8.96. The highest BCUT2D eigenvalue weighted by molar-refractivity contribution is 8.36. The first-order chi connectivity index (χ1) is 16.1. The fourth-order valence-electron chi connectivity index (χ4n) is 4.92. The van der Waals surface area contributed by atoms with E-state index in [1.54, 1.807) is 18.6 Å². The van der Waals surface area contributed by atoms with Gasteiger partial charge < -0.3 is 10.2 Å². The van der Waals surface area contributed by atoms with E-state index in [9.17, 15) is 18.0 Å². The minimum Gasteiger partial charge on any atom is -0.353 e. The lowest BCUT2D eigenvalue weighted by Gasteiger charge is -2.37. The molecule has 12 heteroatoms. The number of anilines is 1. The van der Waals surface area contributed by atoms with Crippen LogP contribution in [0.4, 0.5) is 19.0 Å². The van der Waals surface area contributed by atoms with Crippen LogP contribution in [0.15, 0.2) is 40.4 Å². The van der Waals surface area contributed by atoms with E-state index >= 15 is 0 Å². The van der Waals surface area contributed by atoms with Crippen LogP contribution in [0.3, 0.4) is 0 Å². The van der Waals surface area contributed by atoms with Crippen LogP contribution in [-0.2, 0) is 12.7 Å². The molecule has 182 valence electrons. The summed E-state index contributed by atoms with van der Waals surface area (Å²) in [5.74, 6) is 0.387. The van der Waals surface area contributed by atoms with Gasteiger partial charge >= 0.3 is 11.9 Å². The molecule has 0 saturated carbocycles. The van der Waals surface area contributed by atoms with Crippen molar-refractivity contribution in [2.24, 2.45) is 0 Å². The Morgan fingerprint density at radius 3 is 2.53 bits per heavy atom. The Labute approximate surface area is 201 Å². The Morgan fingerprint density at radius 1 is 1.15 bits per heavy atom. The molecule has 4 atom stereocenters. The first kappa shape index (κ1) is 23.4. The lowest BCUT2D eigenvalue weighted by molar-refractivity contribution is -0.137. The van der Waals surface area contributed by atoms with E-state index in [1.807, 2.05) is 18.7 Å². The van der Waals surface area contributed by atoms with Gasteiger partial charge in [-0.05, 0) is 26.0 Å². The van der Waals surface area contributed by atoms with E-state index in [2.05, 4.69) is 20.3 Å². The molecule has 3 aromatic rings. The average molecular weight is 513 g/mol. The third-order valence-corrected chi connectivity index (χ3v) is 8.85. The molecular formula is C22H24ClF3N6OS. The van der Waals surface area contributed by atoms with Crippen molar-refractivity contribution < 1.29 is 13.2 Å². The van der Waals surface area contributed by atoms with Gasteiger partial charge in [-0.1, -0.05) is 10.7 Å². The fourth-order valence-corrected chi connectivity index (χ4v) is 7.44. The molecule has 7 nitrogen and oxygen atoms in total. The second kappa shape index (κ2) is 8.69. The van der Waals surface area contributed by atoms with Crippen molar-refractivity contribution in [2.75, 3.05) is 23.7 Å². The number of halogens is 4. The van der Waals surface area contributed by atoms with E-state index in [0.717, 1.165) is 12.1 Å². The van der Waals surface area contributed by atoms with E-state index in [0.29, 0.717) is 40.3 Å². The standard InChI is InChI=1S/C22H24ClF3N6OS/c1-12-8-31(9-13(2)29-12)20-16-5-15(22(24,25)26)6-18-19(16)32(21(33)30-20)10-14(11-34(18)23)17-7-27-3-4-28-17/h3-7,12-14,29,34H,8-11H2,1-2H3/t12-,13+,14?. The maximum Gasteiger partial charge on any atom is 0.416 e. The normalized spacial score (nSPS) is 26.5. The molecule has 2 aliphatic rings. The number of benzene rings is 1. The summed E-state index contributed by atoms with van der Waals surface area (Å²) in [7, 11) is 5.29. The molecule has 1 aromatic carbocycles. The number of hydrogen-bond acceptors (Lipinski definition) is 6. The molecule has 1 saturated heterocycles. The third kappa shape index (κ3) is 4.25. The Kier molecular flexibility index (Phi) is 5.97. The number of aromatic nitrogens is 4. The van der Waals surface area contributed by atoms with Gasteiger partial charge in [0, 0.05) is 72.3 Å². The van der Waals surface area contributed by atoms with Crippen molar-refractivity contribution >= 4 is 37.5 Å². The molecule has 2 unspecified atom stereocenters. The van der Waals surface area contributed by atoms with Crippen molar-refractivity contribution in [3.8, 4) is 0 Å². The highest BCUT2D eigenvalue weighted by atomic mass is 35.7. The first-order valence-corrected chi connectivity index (χ1v) is 13.4. The number of nitrogens with zero attached hydrogens (tertiary/aromatic N) is 5. The van der Waals surface area contributed by atoms with Crippen molar-refractivity contribution in [2.45, 2.75) is 49.5 Å². The summed E-state index contributed by atoms with van der Waals surface area (Å²) in [6, 6.07) is 2.39. The summed E-state index contributed by atoms with van der Waals surface area (Å²) >= 11 is 0. The fraction of sp³-hybridized carbons (Fsp3) is 0.455. The predicted molar refractivity (Wildman–Crippen MR) is 128 cm³/mol. The second-order valence-corrected chi connectivity index (χ2v) is 11.8. The van der Waals surface area contributed by atoms with E-state index < -0.39 is 27.5 Å². The summed E-state index contributed by atoms with van der Waals surface area (Å²) in [5.41, 5.74) is -0.202. The molecule has 0 spiro atoms. The van der Waals surface area contributed by atoms with Gasteiger partial charge in [0.1, 0.15) is 5.82 Å². The molecule has 4 heterocycles. The molecule has 0 aliphatic carbocycles. The largest absolute Gasteiger partial charge is 0.416 e. The Bertz CT molecular complexity index is 1280. The van der Waals surface area contributed by atoms with Gasteiger partial charge in [0.05, 0.1) is 16.8 Å². The van der Waals surface area contributed by atoms with Crippen LogP contribution in [0.5, 0.6) is 0 Å². The number of thiol groups is 1. The zero-order valence-electron chi connectivity index (χ0n) is 18.6. The van der Waals surface area contributed by atoms with Crippen molar-refractivity contribution in [3.05, 3.63) is 52.5 Å². The van der Waals surface area contributed by atoms with Crippen LogP contribution in [0.2, 0.25) is 0 Å². The van der Waals surface area contributed by atoms with Crippen LogP contribution in [0, 0.1) is 0 Å². The van der Waals surface area contributed by atoms with E-state index in [4.69, 9.17) is 10.7 Å². The maximum absolute atomic E-state index is 13.9. The summed E-state index contributed by atoms with van der Waals surface area (Å²) < 4.78 is 43.3. The molecule has 1 fully saturated rings. The van der Waals surface area contributed by atoms with Gasteiger partial charge in [-0.3, -0.25) is 14.5 Å². The summed E-state index contributed by atoms with van der Waals surface area (Å²) in [6.07, 6.45) is 0.147. The summed E-state index contributed by atoms with van der Waals surface area (Å²) in [5, 5.41) is 3.70. The smallest absolute Gasteiger partial charge is 0.353 e. The van der Waals surface area contributed by atoms with Crippen LogP contribution in [0.25, 0.3) is 10.9 Å². The summed E-state index contributed by atoms with van der Waals surface area (Å²) in [6.45, 7) is 5.27. The molecule has 5 rings (SSSR count). The summed E-state index contributed by atoms with van der Waals surface area (Å²) in [4.78, 5) is 28.4. The van der Waals surface area contributed by atoms with Gasteiger partial charge in [-0.15, -0.1) is 10.1 Å². The SMILES string of the molecule is C[C@@H]1CN(c2nc(=O)n3c4c(cc(C(F)(F)F)cc24)[SH](Cl)CC(c2cnccn2)C3)C[C@H](C)N1. The van der Waals surface area contributed by atoms with Crippen LogP contribution in [-0.4, -0.2) is 50.4 Å². The van der Waals surface area contributed by atoms with Gasteiger partial charge in [0.25, 0.3) is 0 Å². The molecule has 2 aromatic heterocycles. The van der Waals surface area contributed by atoms with Gasteiger partial charge in [0.2, 0.25) is 0 Å². The monoisotopic (exact) mass is 512 g/mol. The lowest BCUT2D eigenvalue weighted by Crippen LogP contribution is -2.55. The number of hydrogen-bond donors (Lipinski definition) is 2. The van der Waals surface area contributed by atoms with Crippen molar-refractivity contribution in [3.63, 3.8) is 0 Å². The van der Waals surface area contributed by atoms with Crippen LogP contribution < -0.4 is 15.9 Å². The number of alkyl halides is 3. The van der Waals surface area contributed by atoms with E-state index in [-0.39, 0.29) is 30.4 Å². The highest BCUT2D eigenvalue weighted by Crippen LogP contribution is 2.51. The average Bonchev–Trinajstić information content (AvgIpc) is 2.93. The van der Waals surface area contributed by atoms with Crippen LogP contribution in [0.1, 0.15) is 31.0 Å². The number of rotatable bonds is 2. The Balaban J connectivity index is 1.76. The quantitative estimate of drug-likeness (QED) is 0.510. The van der Waals surface area contributed by atoms with Crippen molar-refractivity contribution in [1.82, 2.24) is 24.8 Å². The molecular weight excluding hydrogens is 489 g/mol. The number of piperazine rings is 1. The minimum absolute atomic E-state index is 0.0928. The topological polar surface area (TPSA) is 75.9 Å². The van der Waals surface area contributed by atoms with Gasteiger partial charge in [-0.25, -0.2) is 4.79 Å². The van der Waals surface area contributed by atoms with E-state index in [1.165, 1.54) is 4.57 Å². The van der Waals surface area contributed by atoms with Gasteiger partial charge in [-0.2, -0.15) is 18.2 Å². The Hall–Kier alpha value is -2.37.